The number of hydrogen-bond donors (Lipinski definition) is 0. The lowest BCUT2D eigenvalue weighted by molar-refractivity contribution is -0.230. The van der Waals surface area contributed by atoms with E-state index in [1.807, 2.05) is 91.0 Å². The predicted molar refractivity (Wildman–Crippen MR) is 154 cm³/mol. The fraction of sp³-hybridized carbons (Fsp3) is 0.406. The van der Waals surface area contributed by atoms with E-state index < -0.39 is 36.4 Å². The van der Waals surface area contributed by atoms with Crippen molar-refractivity contribution < 1.29 is 28.5 Å². The first-order valence-electron chi connectivity index (χ1n) is 13.8. The summed E-state index contributed by atoms with van der Waals surface area (Å²) in [6.07, 6.45) is -2.17. The van der Waals surface area contributed by atoms with Gasteiger partial charge in [-0.15, -0.1) is 0 Å². The average Bonchev–Trinajstić information content (AvgIpc) is 3.01. The lowest BCUT2D eigenvalue weighted by Gasteiger charge is -2.45. The first-order valence-corrected chi connectivity index (χ1v) is 13.8. The van der Waals surface area contributed by atoms with E-state index in [4.69, 9.17) is 23.7 Å². The van der Waals surface area contributed by atoms with Crippen LogP contribution in [0.15, 0.2) is 96.1 Å². The SMILES string of the molecule is COC(=O)C(C)C[C@@H]1O[C@H](COCc2ccccc2)[C@H](OCc2ccccc2)[C@H](OCc2ccccc2)[C@H]1N=[N+]=[N-]. The summed E-state index contributed by atoms with van der Waals surface area (Å²) < 4.78 is 30.6. The minimum absolute atomic E-state index is 0.214. The van der Waals surface area contributed by atoms with E-state index in [-0.39, 0.29) is 25.6 Å². The number of hydrogen-bond acceptors (Lipinski definition) is 7. The molecule has 1 saturated heterocycles. The normalized spacial score (nSPS) is 22.8. The van der Waals surface area contributed by atoms with Crippen molar-refractivity contribution in [2.75, 3.05) is 13.7 Å². The minimum Gasteiger partial charge on any atom is -0.469 e. The van der Waals surface area contributed by atoms with Crippen molar-refractivity contribution >= 4 is 5.97 Å². The number of esters is 1. The van der Waals surface area contributed by atoms with E-state index in [1.54, 1.807) is 6.92 Å². The summed E-state index contributed by atoms with van der Waals surface area (Å²) >= 11 is 0. The Labute approximate surface area is 241 Å². The number of carbonyl (C=O) groups is 1. The van der Waals surface area contributed by atoms with Gasteiger partial charge < -0.3 is 23.7 Å². The summed E-state index contributed by atoms with van der Waals surface area (Å²) in [5, 5.41) is 4.12. The van der Waals surface area contributed by atoms with Gasteiger partial charge in [-0.2, -0.15) is 0 Å². The van der Waals surface area contributed by atoms with Crippen molar-refractivity contribution in [2.24, 2.45) is 11.0 Å². The zero-order chi connectivity index (χ0) is 28.9. The smallest absolute Gasteiger partial charge is 0.308 e. The summed E-state index contributed by atoms with van der Waals surface area (Å²) in [5.74, 6) is -0.849. The molecule has 3 aromatic carbocycles. The van der Waals surface area contributed by atoms with Crippen LogP contribution in [-0.2, 0) is 48.3 Å². The van der Waals surface area contributed by atoms with Gasteiger partial charge in [0.25, 0.3) is 0 Å². The van der Waals surface area contributed by atoms with Gasteiger partial charge in [-0.25, -0.2) is 0 Å². The van der Waals surface area contributed by atoms with Crippen molar-refractivity contribution in [2.45, 2.75) is 63.6 Å². The highest BCUT2D eigenvalue weighted by Gasteiger charge is 2.48. The Morgan fingerprint density at radius 1 is 0.829 bits per heavy atom. The predicted octanol–water partition coefficient (Wildman–Crippen LogP) is 6.02. The van der Waals surface area contributed by atoms with Crippen LogP contribution >= 0.6 is 0 Å². The van der Waals surface area contributed by atoms with Crippen LogP contribution in [-0.4, -0.2) is 50.1 Å². The Bertz CT molecular complexity index is 1240. The zero-order valence-corrected chi connectivity index (χ0v) is 23.5. The number of nitrogens with zero attached hydrogens (tertiary/aromatic N) is 3. The first-order chi connectivity index (χ1) is 20.1. The van der Waals surface area contributed by atoms with E-state index in [9.17, 15) is 10.3 Å². The fourth-order valence-electron chi connectivity index (χ4n) is 4.97. The van der Waals surface area contributed by atoms with E-state index in [1.165, 1.54) is 7.11 Å². The maximum absolute atomic E-state index is 12.3. The molecule has 0 spiro atoms. The maximum Gasteiger partial charge on any atom is 0.308 e. The van der Waals surface area contributed by atoms with Crippen LogP contribution in [0.4, 0.5) is 0 Å². The van der Waals surface area contributed by atoms with Crippen molar-refractivity contribution in [3.63, 3.8) is 0 Å². The van der Waals surface area contributed by atoms with Gasteiger partial charge in [0.1, 0.15) is 12.2 Å². The Hall–Kier alpha value is -3.72. The summed E-state index contributed by atoms with van der Waals surface area (Å²) in [7, 11) is 1.35. The van der Waals surface area contributed by atoms with Gasteiger partial charge in [-0.1, -0.05) is 103 Å². The van der Waals surface area contributed by atoms with Crippen molar-refractivity contribution in [1.29, 1.82) is 0 Å². The third kappa shape index (κ3) is 8.88. The van der Waals surface area contributed by atoms with Crippen LogP contribution < -0.4 is 0 Å². The highest BCUT2D eigenvalue weighted by Crippen LogP contribution is 2.33. The molecule has 0 aromatic heterocycles. The maximum atomic E-state index is 12.3. The van der Waals surface area contributed by atoms with Crippen molar-refractivity contribution in [3.8, 4) is 0 Å². The summed E-state index contributed by atoms with van der Waals surface area (Å²) in [6, 6.07) is 28.7. The van der Waals surface area contributed by atoms with Crippen LogP contribution in [0, 0.1) is 5.92 Å². The Balaban J connectivity index is 1.62. The molecule has 0 aliphatic carbocycles. The topological polar surface area (TPSA) is 112 Å². The number of azide groups is 1. The third-order valence-corrected chi connectivity index (χ3v) is 7.10. The molecule has 216 valence electrons. The van der Waals surface area contributed by atoms with Crippen LogP contribution in [0.5, 0.6) is 0 Å². The van der Waals surface area contributed by atoms with Gasteiger partial charge >= 0.3 is 5.97 Å². The molecule has 3 aromatic rings. The Morgan fingerprint density at radius 3 is 1.85 bits per heavy atom. The number of benzene rings is 3. The van der Waals surface area contributed by atoms with Crippen LogP contribution in [0.3, 0.4) is 0 Å². The second-order valence-corrected chi connectivity index (χ2v) is 10.1. The fourth-order valence-corrected chi connectivity index (χ4v) is 4.97. The van der Waals surface area contributed by atoms with Gasteiger partial charge in [0.2, 0.25) is 0 Å². The molecule has 0 radical (unpaired) electrons. The number of ether oxygens (including phenoxy) is 5. The molecule has 0 bridgehead atoms. The van der Waals surface area contributed by atoms with E-state index in [0.717, 1.165) is 16.7 Å². The quantitative estimate of drug-likeness (QED) is 0.103. The number of rotatable bonds is 14. The van der Waals surface area contributed by atoms with Gasteiger partial charge in [0, 0.05) is 4.91 Å². The molecular weight excluding hydrogens is 522 g/mol. The summed E-state index contributed by atoms with van der Waals surface area (Å²) in [5.41, 5.74) is 12.5. The lowest BCUT2D eigenvalue weighted by Crippen LogP contribution is -2.60. The second-order valence-electron chi connectivity index (χ2n) is 10.1. The molecule has 0 saturated carbocycles. The van der Waals surface area contributed by atoms with Gasteiger partial charge in [0.05, 0.1) is 57.7 Å². The van der Waals surface area contributed by atoms with Crippen LogP contribution in [0.2, 0.25) is 0 Å². The standard InChI is InChI=1S/C32H37N3O6/c1-23(32(36)37-2)18-27-29(34-35-33)31(40-21-26-16-10-5-11-17-26)30(39-20-25-14-8-4-9-15-25)28(41-27)22-38-19-24-12-6-3-7-13-24/h3-17,23,27-31H,18-22H2,1-2H3/t23?,27-,28+,29-,30-,31+/m0/s1. The molecule has 0 N–H and O–H groups in total. The number of carbonyl (C=O) groups excluding carboxylic acids is 1. The molecular formula is C32H37N3O6. The molecule has 1 fully saturated rings. The minimum atomic E-state index is -0.748. The second kappa shape index (κ2) is 15.9. The largest absolute Gasteiger partial charge is 0.469 e. The Morgan fingerprint density at radius 2 is 1.34 bits per heavy atom. The van der Waals surface area contributed by atoms with Crippen LogP contribution in [0.1, 0.15) is 30.0 Å². The lowest BCUT2D eigenvalue weighted by atomic mass is 9.88. The average molecular weight is 560 g/mol. The summed E-state index contributed by atoms with van der Waals surface area (Å²) in [6.45, 7) is 2.96. The molecule has 1 heterocycles. The van der Waals surface area contributed by atoms with Crippen molar-refractivity contribution in [3.05, 3.63) is 118 Å². The number of methoxy groups -OCH3 is 1. The highest BCUT2D eigenvalue weighted by molar-refractivity contribution is 5.71. The van der Waals surface area contributed by atoms with Crippen LogP contribution in [0.25, 0.3) is 10.4 Å². The van der Waals surface area contributed by atoms with Gasteiger partial charge in [-0.3, -0.25) is 4.79 Å². The molecule has 1 unspecified atom stereocenters. The van der Waals surface area contributed by atoms with Crippen molar-refractivity contribution in [1.82, 2.24) is 0 Å². The Kier molecular flexibility index (Phi) is 11.7. The highest BCUT2D eigenvalue weighted by atomic mass is 16.6. The third-order valence-electron chi connectivity index (χ3n) is 7.10. The zero-order valence-electron chi connectivity index (χ0n) is 23.5. The van der Waals surface area contributed by atoms with Gasteiger partial charge in [-0.05, 0) is 28.6 Å². The molecule has 41 heavy (non-hydrogen) atoms. The molecule has 1 aliphatic rings. The first kappa shape index (κ1) is 30.2. The molecule has 1 aliphatic heterocycles. The molecule has 0 amide bonds. The molecule has 9 heteroatoms. The van der Waals surface area contributed by atoms with E-state index in [0.29, 0.717) is 13.2 Å². The monoisotopic (exact) mass is 559 g/mol. The van der Waals surface area contributed by atoms with E-state index >= 15 is 0 Å². The summed E-state index contributed by atoms with van der Waals surface area (Å²) in [4.78, 5) is 15.4. The molecule has 4 rings (SSSR count). The molecule has 6 atom stereocenters. The van der Waals surface area contributed by atoms with E-state index in [2.05, 4.69) is 10.0 Å². The molecule has 9 nitrogen and oxygen atoms in total. The van der Waals surface area contributed by atoms with Gasteiger partial charge in [0.15, 0.2) is 0 Å².